The molecule has 0 bridgehead atoms. The van der Waals surface area contributed by atoms with Gasteiger partial charge in [0.1, 0.15) is 36.5 Å². The van der Waals surface area contributed by atoms with Gasteiger partial charge in [0.2, 0.25) is 0 Å². The Balaban J connectivity index is 1.68. The van der Waals surface area contributed by atoms with Crippen LogP contribution in [0.5, 0.6) is 0 Å². The number of oxime groups is 1. The minimum Gasteiger partial charge on any atom is -0.457 e. The Kier molecular flexibility index (Phi) is 6.77. The lowest BCUT2D eigenvalue weighted by Gasteiger charge is -2.48. The number of nitrogens with one attached hydrogen (secondary N) is 1. The normalized spacial score (nSPS) is 21.4. The second kappa shape index (κ2) is 9.30. The molecule has 1 aromatic rings. The molecule has 1 fully saturated rings. The van der Waals surface area contributed by atoms with Crippen molar-refractivity contribution in [1.29, 1.82) is 0 Å². The van der Waals surface area contributed by atoms with Gasteiger partial charge in [-0.15, -0.1) is 23.1 Å². The van der Waals surface area contributed by atoms with E-state index in [0.717, 1.165) is 16.9 Å². The Morgan fingerprint density at radius 1 is 1.50 bits per heavy atom. The summed E-state index contributed by atoms with van der Waals surface area (Å²) in [6.45, 7) is 3.85. The van der Waals surface area contributed by atoms with E-state index in [2.05, 4.69) is 15.5 Å². The smallest absolute Gasteiger partial charge is 0.355 e. The predicted molar refractivity (Wildman–Crippen MR) is 114 cm³/mol. The fourth-order valence-electron chi connectivity index (χ4n) is 2.77. The molecule has 0 spiro atoms. The standard InChI is InChI=1S/C18H21N5O5S2/c1-4-9(2)7-28-17(26)11-5-6-29-16-13(15(25)23(11)16)21-14(24)12(22-27-3)10-8-30-18(19)20-10/h4-5,8,13,16H,6-7H2,1-3H3,(H2,19,20)(H,21,24)/b9-4+,22-12-/t13-,16-/m1/s1. The van der Waals surface area contributed by atoms with Crippen molar-refractivity contribution in [2.45, 2.75) is 25.3 Å². The summed E-state index contributed by atoms with van der Waals surface area (Å²) in [5, 5.41) is 7.79. The van der Waals surface area contributed by atoms with Crippen molar-refractivity contribution >= 4 is 51.7 Å². The summed E-state index contributed by atoms with van der Waals surface area (Å²) in [5.74, 6) is -1.08. The highest BCUT2D eigenvalue weighted by atomic mass is 32.2. The highest BCUT2D eigenvalue weighted by Crippen LogP contribution is 2.37. The molecule has 30 heavy (non-hydrogen) atoms. The molecule has 2 aliphatic rings. The van der Waals surface area contributed by atoms with Gasteiger partial charge in [-0.1, -0.05) is 11.2 Å². The second-order valence-electron chi connectivity index (χ2n) is 6.38. The number of anilines is 1. The van der Waals surface area contributed by atoms with Gasteiger partial charge in [-0.2, -0.15) is 0 Å². The summed E-state index contributed by atoms with van der Waals surface area (Å²) in [6.07, 6.45) is 3.50. The minimum absolute atomic E-state index is 0.0884. The maximum absolute atomic E-state index is 12.7. The van der Waals surface area contributed by atoms with E-state index >= 15 is 0 Å². The lowest BCUT2D eigenvalue weighted by molar-refractivity contribution is -0.152. The quantitative estimate of drug-likeness (QED) is 0.205. The summed E-state index contributed by atoms with van der Waals surface area (Å²) in [4.78, 5) is 47.9. The zero-order valence-corrected chi connectivity index (χ0v) is 18.2. The number of carbonyl (C=O) groups is 3. The van der Waals surface area contributed by atoms with Gasteiger partial charge in [0, 0.05) is 11.1 Å². The van der Waals surface area contributed by atoms with Crippen LogP contribution in [0.2, 0.25) is 0 Å². The third-order valence-corrected chi connectivity index (χ3v) is 6.29. The molecule has 0 aliphatic carbocycles. The van der Waals surface area contributed by atoms with Crippen LogP contribution in [-0.4, -0.2) is 64.3 Å². The molecule has 3 heterocycles. The maximum Gasteiger partial charge on any atom is 0.355 e. The van der Waals surface area contributed by atoms with Crippen molar-refractivity contribution in [2.75, 3.05) is 25.2 Å². The molecule has 2 aliphatic heterocycles. The first kappa shape index (κ1) is 21.8. The van der Waals surface area contributed by atoms with E-state index in [0.29, 0.717) is 5.75 Å². The first-order valence-corrected chi connectivity index (χ1v) is 10.9. The molecule has 0 radical (unpaired) electrons. The van der Waals surface area contributed by atoms with Crippen molar-refractivity contribution in [3.8, 4) is 0 Å². The number of thiazole rings is 1. The SMILES string of the molecule is C/C=C(\C)COC(=O)C1=CCS[C@@H]2[C@H](NC(=O)/C(=N\OC)c3csc(N)n3)C(=O)N12. The number of rotatable bonds is 7. The molecule has 160 valence electrons. The van der Waals surface area contributed by atoms with Crippen molar-refractivity contribution in [1.82, 2.24) is 15.2 Å². The van der Waals surface area contributed by atoms with Crippen LogP contribution < -0.4 is 11.1 Å². The summed E-state index contributed by atoms with van der Waals surface area (Å²) in [6, 6.07) is -0.811. The van der Waals surface area contributed by atoms with E-state index in [1.165, 1.54) is 23.8 Å². The third-order valence-electron chi connectivity index (χ3n) is 4.43. The van der Waals surface area contributed by atoms with Crippen LogP contribution in [0.1, 0.15) is 19.5 Å². The Morgan fingerprint density at radius 2 is 2.27 bits per heavy atom. The van der Waals surface area contributed by atoms with Gasteiger partial charge < -0.3 is 20.6 Å². The van der Waals surface area contributed by atoms with Gasteiger partial charge in [-0.3, -0.25) is 14.5 Å². The summed E-state index contributed by atoms with van der Waals surface area (Å²) < 4.78 is 5.26. The summed E-state index contributed by atoms with van der Waals surface area (Å²) in [7, 11) is 1.30. The van der Waals surface area contributed by atoms with Gasteiger partial charge in [-0.25, -0.2) is 9.78 Å². The third kappa shape index (κ3) is 4.33. The van der Waals surface area contributed by atoms with Gasteiger partial charge >= 0.3 is 5.97 Å². The number of carbonyl (C=O) groups excluding carboxylic acids is 3. The van der Waals surface area contributed by atoms with E-state index in [9.17, 15) is 14.4 Å². The van der Waals surface area contributed by atoms with E-state index < -0.39 is 29.2 Å². The molecule has 10 nitrogen and oxygen atoms in total. The number of nitrogen functional groups attached to an aromatic ring is 1. The number of hydrogen-bond acceptors (Lipinski definition) is 10. The van der Waals surface area contributed by atoms with Crippen LogP contribution in [0.15, 0.2) is 34.0 Å². The summed E-state index contributed by atoms with van der Waals surface area (Å²) in [5.41, 5.74) is 6.87. The van der Waals surface area contributed by atoms with E-state index in [1.807, 2.05) is 19.9 Å². The number of fused-ring (bicyclic) bond motifs is 1. The highest BCUT2D eigenvalue weighted by molar-refractivity contribution is 8.00. The molecule has 3 N–H and O–H groups in total. The highest BCUT2D eigenvalue weighted by Gasteiger charge is 2.53. The molecule has 3 rings (SSSR count). The molecule has 1 saturated heterocycles. The van der Waals surface area contributed by atoms with Crippen molar-refractivity contribution < 1.29 is 24.0 Å². The van der Waals surface area contributed by atoms with Crippen LogP contribution in [0.25, 0.3) is 0 Å². The second-order valence-corrected chi connectivity index (χ2v) is 8.42. The largest absolute Gasteiger partial charge is 0.457 e. The molecular formula is C18H21N5O5S2. The molecule has 2 atom stereocenters. The number of aromatic nitrogens is 1. The number of allylic oxidation sites excluding steroid dienone is 1. The lowest BCUT2D eigenvalue weighted by Crippen LogP contribution is -2.70. The molecular weight excluding hydrogens is 430 g/mol. The Bertz CT molecular complexity index is 955. The number of hydrogen-bond donors (Lipinski definition) is 2. The average molecular weight is 452 g/mol. The van der Waals surface area contributed by atoms with Gasteiger partial charge in [0.25, 0.3) is 11.8 Å². The molecule has 0 saturated carbocycles. The first-order chi connectivity index (χ1) is 14.4. The number of nitrogens with zero attached hydrogens (tertiary/aromatic N) is 3. The van der Waals surface area contributed by atoms with Crippen molar-refractivity contribution in [3.05, 3.63) is 34.5 Å². The fraction of sp³-hybridized carbons (Fsp3) is 0.389. The Morgan fingerprint density at radius 3 is 2.90 bits per heavy atom. The molecule has 12 heteroatoms. The lowest BCUT2D eigenvalue weighted by atomic mass is 10.0. The number of esters is 1. The minimum atomic E-state index is -0.811. The number of thioether (sulfide) groups is 1. The van der Waals surface area contributed by atoms with Gasteiger partial charge in [0.05, 0.1) is 0 Å². The number of amides is 2. The molecule has 0 unspecified atom stereocenters. The number of nitrogens with two attached hydrogens (primary N) is 1. The maximum atomic E-state index is 12.7. The van der Waals surface area contributed by atoms with Crippen molar-refractivity contribution in [2.24, 2.45) is 5.16 Å². The fourth-order valence-corrected chi connectivity index (χ4v) is 4.51. The average Bonchev–Trinajstić information content (AvgIpc) is 3.18. The van der Waals surface area contributed by atoms with Crippen LogP contribution in [0.3, 0.4) is 0 Å². The van der Waals surface area contributed by atoms with Crippen LogP contribution in [-0.2, 0) is 24.0 Å². The van der Waals surface area contributed by atoms with Crippen LogP contribution >= 0.6 is 23.1 Å². The van der Waals surface area contributed by atoms with Crippen LogP contribution in [0, 0.1) is 0 Å². The Labute approximate surface area is 181 Å². The predicted octanol–water partition coefficient (Wildman–Crippen LogP) is 0.869. The van der Waals surface area contributed by atoms with Gasteiger partial charge in [0.15, 0.2) is 10.8 Å². The molecule has 1 aromatic heterocycles. The summed E-state index contributed by atoms with van der Waals surface area (Å²) >= 11 is 2.59. The monoisotopic (exact) mass is 451 g/mol. The van der Waals surface area contributed by atoms with Gasteiger partial charge in [-0.05, 0) is 25.5 Å². The zero-order valence-electron chi connectivity index (χ0n) is 16.6. The molecule has 0 aromatic carbocycles. The first-order valence-electron chi connectivity index (χ1n) is 8.94. The topological polar surface area (TPSA) is 136 Å². The van der Waals surface area contributed by atoms with E-state index in [-0.39, 0.29) is 28.8 Å². The van der Waals surface area contributed by atoms with Crippen molar-refractivity contribution in [3.63, 3.8) is 0 Å². The van der Waals surface area contributed by atoms with E-state index in [4.69, 9.17) is 15.3 Å². The van der Waals surface area contributed by atoms with E-state index in [1.54, 1.807) is 11.5 Å². The number of ether oxygens (including phenoxy) is 1. The zero-order chi connectivity index (χ0) is 21.8. The number of β-lactam (4-membered cyclic amide) rings is 1. The van der Waals surface area contributed by atoms with Crippen LogP contribution in [0.4, 0.5) is 5.13 Å². The molecule has 2 amide bonds. The Hall–Kier alpha value is -2.86.